The number of ether oxygens (including phenoxy) is 1. The Kier molecular flexibility index (Phi) is 6.17. The number of carboxylic acid groups (broad SMARTS) is 1. The quantitative estimate of drug-likeness (QED) is 0.793. The normalized spacial score (nSPS) is 13.1. The maximum Gasteiger partial charge on any atom is 0.341 e. The standard InChI is InChI=1S/C14H21NO5S/c1-4-5-11(2)15(3)21(18,19)13-8-6-12(7-9-13)20-10-14(16)17/h6-9,11H,4-5,10H2,1-3H3,(H,16,17). The molecule has 0 fully saturated rings. The van der Waals surface area contributed by atoms with Crippen molar-refractivity contribution in [3.63, 3.8) is 0 Å². The first-order chi connectivity index (χ1) is 9.78. The van der Waals surface area contributed by atoms with Crippen molar-refractivity contribution in [1.82, 2.24) is 4.31 Å². The monoisotopic (exact) mass is 315 g/mol. The number of hydrogen-bond acceptors (Lipinski definition) is 4. The van der Waals surface area contributed by atoms with Gasteiger partial charge in [-0.25, -0.2) is 13.2 Å². The van der Waals surface area contributed by atoms with E-state index in [1.165, 1.54) is 28.6 Å². The summed E-state index contributed by atoms with van der Waals surface area (Å²) < 4.78 is 31.2. The Bertz CT molecular complexity index is 568. The van der Waals surface area contributed by atoms with Crippen molar-refractivity contribution in [2.45, 2.75) is 37.6 Å². The molecular weight excluding hydrogens is 294 g/mol. The van der Waals surface area contributed by atoms with E-state index in [1.54, 1.807) is 7.05 Å². The van der Waals surface area contributed by atoms with Gasteiger partial charge in [0.05, 0.1) is 4.90 Å². The van der Waals surface area contributed by atoms with Crippen LogP contribution in [-0.2, 0) is 14.8 Å². The Morgan fingerprint density at radius 3 is 2.38 bits per heavy atom. The molecule has 0 spiro atoms. The van der Waals surface area contributed by atoms with E-state index in [0.717, 1.165) is 12.8 Å². The van der Waals surface area contributed by atoms with Gasteiger partial charge < -0.3 is 9.84 Å². The minimum atomic E-state index is -3.55. The summed E-state index contributed by atoms with van der Waals surface area (Å²) in [6, 6.07) is 5.66. The van der Waals surface area contributed by atoms with E-state index in [0.29, 0.717) is 5.75 Å². The predicted molar refractivity (Wildman–Crippen MR) is 78.9 cm³/mol. The van der Waals surface area contributed by atoms with E-state index in [4.69, 9.17) is 9.84 Å². The summed E-state index contributed by atoms with van der Waals surface area (Å²) in [6.07, 6.45) is 1.69. The molecule has 21 heavy (non-hydrogen) atoms. The molecule has 1 atom stereocenters. The van der Waals surface area contributed by atoms with Gasteiger partial charge in [0.1, 0.15) is 5.75 Å². The lowest BCUT2D eigenvalue weighted by molar-refractivity contribution is -0.139. The third-order valence-corrected chi connectivity index (χ3v) is 5.18. The maximum absolute atomic E-state index is 12.4. The van der Waals surface area contributed by atoms with Gasteiger partial charge in [-0.15, -0.1) is 0 Å². The molecule has 0 aromatic heterocycles. The van der Waals surface area contributed by atoms with Crippen molar-refractivity contribution >= 4 is 16.0 Å². The fourth-order valence-electron chi connectivity index (χ4n) is 1.86. The minimum absolute atomic E-state index is 0.0806. The number of nitrogens with zero attached hydrogens (tertiary/aromatic N) is 1. The number of benzene rings is 1. The lowest BCUT2D eigenvalue weighted by Crippen LogP contribution is -2.34. The van der Waals surface area contributed by atoms with E-state index >= 15 is 0 Å². The second-order valence-corrected chi connectivity index (χ2v) is 6.81. The van der Waals surface area contributed by atoms with Crippen molar-refractivity contribution in [3.8, 4) is 5.75 Å². The van der Waals surface area contributed by atoms with Gasteiger partial charge in [-0.05, 0) is 37.6 Å². The average molecular weight is 315 g/mol. The molecular formula is C14H21NO5S. The van der Waals surface area contributed by atoms with Crippen LogP contribution in [0.4, 0.5) is 0 Å². The van der Waals surface area contributed by atoms with Crippen LogP contribution in [0, 0.1) is 0 Å². The molecule has 1 aromatic carbocycles. The largest absolute Gasteiger partial charge is 0.482 e. The number of carboxylic acids is 1. The van der Waals surface area contributed by atoms with Gasteiger partial charge in [-0.1, -0.05) is 13.3 Å². The lowest BCUT2D eigenvalue weighted by atomic mass is 10.2. The first kappa shape index (κ1) is 17.5. The summed E-state index contributed by atoms with van der Waals surface area (Å²) in [5, 5.41) is 8.52. The molecule has 0 saturated carbocycles. The van der Waals surface area contributed by atoms with Gasteiger partial charge in [0, 0.05) is 13.1 Å². The smallest absolute Gasteiger partial charge is 0.341 e. The molecule has 0 aliphatic heterocycles. The second kappa shape index (κ2) is 7.42. The summed E-state index contributed by atoms with van der Waals surface area (Å²) in [5.74, 6) is -0.763. The van der Waals surface area contributed by atoms with E-state index in [2.05, 4.69) is 0 Å². The van der Waals surface area contributed by atoms with E-state index < -0.39 is 22.6 Å². The number of aliphatic carboxylic acids is 1. The van der Waals surface area contributed by atoms with Crippen LogP contribution in [0.15, 0.2) is 29.2 Å². The Hall–Kier alpha value is -1.60. The Balaban J connectivity index is 2.86. The molecule has 0 radical (unpaired) electrons. The highest BCUT2D eigenvalue weighted by Crippen LogP contribution is 2.21. The summed E-state index contributed by atoms with van der Waals surface area (Å²) in [7, 11) is -1.99. The highest BCUT2D eigenvalue weighted by Gasteiger charge is 2.24. The molecule has 6 nitrogen and oxygen atoms in total. The van der Waals surface area contributed by atoms with Crippen LogP contribution in [0.5, 0.6) is 5.75 Å². The van der Waals surface area contributed by atoms with Gasteiger partial charge in [0.15, 0.2) is 6.61 Å². The third kappa shape index (κ3) is 4.71. The summed E-state index contributed by atoms with van der Waals surface area (Å²) >= 11 is 0. The lowest BCUT2D eigenvalue weighted by Gasteiger charge is -2.24. The first-order valence-corrected chi connectivity index (χ1v) is 8.15. The highest BCUT2D eigenvalue weighted by molar-refractivity contribution is 7.89. The van der Waals surface area contributed by atoms with Crippen molar-refractivity contribution in [1.29, 1.82) is 0 Å². The van der Waals surface area contributed by atoms with Crippen LogP contribution in [-0.4, -0.2) is 43.5 Å². The first-order valence-electron chi connectivity index (χ1n) is 6.71. The van der Waals surface area contributed by atoms with Crippen LogP contribution in [0.3, 0.4) is 0 Å². The predicted octanol–water partition coefficient (Wildman–Crippen LogP) is 1.96. The van der Waals surface area contributed by atoms with Gasteiger partial charge in [-0.2, -0.15) is 4.31 Å². The van der Waals surface area contributed by atoms with Crippen LogP contribution in [0.1, 0.15) is 26.7 Å². The fourth-order valence-corrected chi connectivity index (χ4v) is 3.25. The zero-order valence-electron chi connectivity index (χ0n) is 12.4. The molecule has 0 bridgehead atoms. The average Bonchev–Trinajstić information content (AvgIpc) is 2.45. The van der Waals surface area contributed by atoms with Crippen LogP contribution >= 0.6 is 0 Å². The molecule has 7 heteroatoms. The molecule has 118 valence electrons. The van der Waals surface area contributed by atoms with E-state index in [-0.39, 0.29) is 10.9 Å². The van der Waals surface area contributed by atoms with E-state index in [1.807, 2.05) is 13.8 Å². The Labute approximate surface area is 125 Å². The topological polar surface area (TPSA) is 83.9 Å². The molecule has 0 aliphatic rings. The van der Waals surface area contributed by atoms with Gasteiger partial charge in [0.25, 0.3) is 0 Å². The Morgan fingerprint density at radius 2 is 1.90 bits per heavy atom. The summed E-state index contributed by atoms with van der Waals surface area (Å²) in [5.41, 5.74) is 0. The maximum atomic E-state index is 12.4. The van der Waals surface area contributed by atoms with Crippen molar-refractivity contribution in [3.05, 3.63) is 24.3 Å². The van der Waals surface area contributed by atoms with Crippen LogP contribution < -0.4 is 4.74 Å². The Morgan fingerprint density at radius 1 is 1.33 bits per heavy atom. The van der Waals surface area contributed by atoms with Crippen LogP contribution in [0.25, 0.3) is 0 Å². The number of sulfonamides is 1. The number of hydrogen-bond donors (Lipinski definition) is 1. The van der Waals surface area contributed by atoms with Gasteiger partial charge in [-0.3, -0.25) is 0 Å². The number of carbonyl (C=O) groups is 1. The molecule has 0 aliphatic carbocycles. The zero-order chi connectivity index (χ0) is 16.0. The molecule has 1 rings (SSSR count). The zero-order valence-corrected chi connectivity index (χ0v) is 13.3. The molecule has 0 heterocycles. The molecule has 1 N–H and O–H groups in total. The van der Waals surface area contributed by atoms with Crippen LogP contribution in [0.2, 0.25) is 0 Å². The fraction of sp³-hybridized carbons (Fsp3) is 0.500. The molecule has 0 amide bonds. The SMILES string of the molecule is CCCC(C)N(C)S(=O)(=O)c1ccc(OCC(=O)O)cc1. The van der Waals surface area contributed by atoms with E-state index in [9.17, 15) is 13.2 Å². The van der Waals surface area contributed by atoms with Crippen molar-refractivity contribution in [2.24, 2.45) is 0 Å². The van der Waals surface area contributed by atoms with Gasteiger partial charge in [0.2, 0.25) is 10.0 Å². The second-order valence-electron chi connectivity index (χ2n) is 4.81. The van der Waals surface area contributed by atoms with Gasteiger partial charge >= 0.3 is 5.97 Å². The molecule has 0 saturated heterocycles. The summed E-state index contributed by atoms with van der Waals surface area (Å²) in [6.45, 7) is 3.41. The third-order valence-electron chi connectivity index (χ3n) is 3.19. The highest BCUT2D eigenvalue weighted by atomic mass is 32.2. The minimum Gasteiger partial charge on any atom is -0.482 e. The number of rotatable bonds is 8. The molecule has 1 aromatic rings. The summed E-state index contributed by atoms with van der Waals surface area (Å²) in [4.78, 5) is 10.6. The van der Waals surface area contributed by atoms with Crippen molar-refractivity contribution < 1.29 is 23.1 Å². The molecule has 1 unspecified atom stereocenters. The van der Waals surface area contributed by atoms with Crippen molar-refractivity contribution in [2.75, 3.05) is 13.7 Å².